The van der Waals surface area contributed by atoms with Crippen LogP contribution in [0.2, 0.25) is 0 Å². The summed E-state index contributed by atoms with van der Waals surface area (Å²) in [5.74, 6) is 1.10. The molecule has 1 fully saturated rings. The van der Waals surface area contributed by atoms with Gasteiger partial charge in [-0.2, -0.15) is 13.2 Å². The standard InChI is InChI=1S/C22H23F3N4O.C4H8O/c1-13(14-9-10-27-19(12-14)26-4)28-20(30)16-5-7-17-15(11-16)6-8-18(29-17)21(2,3)22(23,24)25;5-3-4-1-2-4/h5-13H,1-4H3,(H,26,27)(H,28,30);4-5H,1-3H2. The number of hydrogen-bond donors (Lipinski definition) is 3. The van der Waals surface area contributed by atoms with Crippen molar-refractivity contribution in [3.63, 3.8) is 0 Å². The lowest BCUT2D eigenvalue weighted by atomic mass is 9.87. The molecule has 3 N–H and O–H groups in total. The number of fused-ring (bicyclic) bond motifs is 1. The van der Waals surface area contributed by atoms with E-state index in [1.807, 2.05) is 19.1 Å². The molecule has 0 radical (unpaired) electrons. The number of anilines is 1. The molecule has 3 aromatic rings. The number of nitrogens with zero attached hydrogens (tertiary/aromatic N) is 2. The molecule has 1 aliphatic carbocycles. The lowest BCUT2D eigenvalue weighted by Crippen LogP contribution is -2.37. The summed E-state index contributed by atoms with van der Waals surface area (Å²) < 4.78 is 39.9. The molecule has 0 bridgehead atoms. The molecule has 0 spiro atoms. The Morgan fingerprint density at radius 2 is 1.86 bits per heavy atom. The second-order valence-corrected chi connectivity index (χ2v) is 9.27. The normalized spacial score (nSPS) is 14.6. The largest absolute Gasteiger partial charge is 0.399 e. The van der Waals surface area contributed by atoms with Crippen molar-refractivity contribution >= 4 is 22.6 Å². The van der Waals surface area contributed by atoms with Crippen LogP contribution in [0.1, 0.15) is 61.3 Å². The third-order valence-electron chi connectivity index (χ3n) is 6.14. The summed E-state index contributed by atoms with van der Waals surface area (Å²) in [4.78, 5) is 21.0. The number of benzene rings is 1. The smallest absolute Gasteiger partial charge is 0.396 e. The first kappa shape index (κ1) is 26.4. The number of alkyl halides is 3. The third kappa shape index (κ3) is 6.48. The van der Waals surface area contributed by atoms with Crippen molar-refractivity contribution in [2.45, 2.75) is 51.2 Å². The van der Waals surface area contributed by atoms with Gasteiger partial charge in [0.1, 0.15) is 11.2 Å². The van der Waals surface area contributed by atoms with Crippen molar-refractivity contribution in [1.29, 1.82) is 0 Å². The average Bonchev–Trinajstić information content (AvgIpc) is 3.68. The van der Waals surface area contributed by atoms with Crippen molar-refractivity contribution in [2.24, 2.45) is 5.92 Å². The fourth-order valence-electron chi connectivity index (χ4n) is 3.28. The molecule has 1 saturated carbocycles. The zero-order valence-electron chi connectivity index (χ0n) is 20.3. The molecule has 2 aromatic heterocycles. The highest BCUT2D eigenvalue weighted by atomic mass is 19.4. The van der Waals surface area contributed by atoms with Crippen LogP contribution in [-0.4, -0.2) is 40.8 Å². The van der Waals surface area contributed by atoms with Crippen LogP contribution in [0, 0.1) is 5.92 Å². The van der Waals surface area contributed by atoms with Gasteiger partial charge in [0.05, 0.1) is 17.3 Å². The van der Waals surface area contributed by atoms with Gasteiger partial charge in [0.25, 0.3) is 5.91 Å². The summed E-state index contributed by atoms with van der Waals surface area (Å²) in [5.41, 5.74) is -0.428. The molecule has 9 heteroatoms. The van der Waals surface area contributed by atoms with E-state index in [4.69, 9.17) is 5.11 Å². The number of hydrogen-bond acceptors (Lipinski definition) is 5. The molecule has 1 aliphatic rings. The Bertz CT molecular complexity index is 1180. The van der Waals surface area contributed by atoms with E-state index in [9.17, 15) is 18.0 Å². The summed E-state index contributed by atoms with van der Waals surface area (Å²) >= 11 is 0. The fraction of sp³-hybridized carbons (Fsp3) is 0.423. The Morgan fingerprint density at radius 3 is 2.43 bits per heavy atom. The van der Waals surface area contributed by atoms with E-state index < -0.39 is 11.6 Å². The monoisotopic (exact) mass is 488 g/mol. The van der Waals surface area contributed by atoms with Crippen LogP contribution >= 0.6 is 0 Å². The van der Waals surface area contributed by atoms with Gasteiger partial charge in [-0.1, -0.05) is 6.07 Å². The van der Waals surface area contributed by atoms with Crippen LogP contribution < -0.4 is 10.6 Å². The van der Waals surface area contributed by atoms with E-state index in [1.54, 1.807) is 37.5 Å². The number of pyridine rings is 2. The zero-order valence-corrected chi connectivity index (χ0v) is 20.3. The molecule has 35 heavy (non-hydrogen) atoms. The molecule has 188 valence electrons. The van der Waals surface area contributed by atoms with E-state index in [1.165, 1.54) is 18.9 Å². The summed E-state index contributed by atoms with van der Waals surface area (Å²) in [5, 5.41) is 14.7. The van der Waals surface area contributed by atoms with Gasteiger partial charge < -0.3 is 15.7 Å². The van der Waals surface area contributed by atoms with Crippen molar-refractivity contribution in [3.8, 4) is 0 Å². The van der Waals surface area contributed by atoms with Gasteiger partial charge in [0, 0.05) is 30.8 Å². The summed E-state index contributed by atoms with van der Waals surface area (Å²) in [6.07, 6.45) is -0.234. The van der Waals surface area contributed by atoms with Crippen molar-refractivity contribution in [3.05, 3.63) is 65.5 Å². The van der Waals surface area contributed by atoms with Crippen LogP contribution in [-0.2, 0) is 5.41 Å². The van der Waals surface area contributed by atoms with Crippen molar-refractivity contribution in [2.75, 3.05) is 19.0 Å². The van der Waals surface area contributed by atoms with Crippen LogP contribution in [0.5, 0.6) is 0 Å². The summed E-state index contributed by atoms with van der Waals surface area (Å²) in [6, 6.07) is 11.1. The minimum Gasteiger partial charge on any atom is -0.396 e. The number of carbonyl (C=O) groups excluding carboxylic acids is 1. The van der Waals surface area contributed by atoms with E-state index in [-0.39, 0.29) is 17.6 Å². The second kappa shape index (κ2) is 10.6. The number of aromatic nitrogens is 2. The zero-order chi connectivity index (χ0) is 25.8. The molecule has 2 heterocycles. The molecule has 4 rings (SSSR count). The fourth-order valence-corrected chi connectivity index (χ4v) is 3.28. The summed E-state index contributed by atoms with van der Waals surface area (Å²) in [7, 11) is 1.76. The SMILES string of the molecule is CNc1cc(C(C)NC(=O)c2ccc3nc(C(C)(C)C(F)(F)F)ccc3c2)ccn1.OCC1CC1. The van der Waals surface area contributed by atoms with Gasteiger partial charge in [-0.3, -0.25) is 9.78 Å². The Morgan fingerprint density at radius 1 is 1.14 bits per heavy atom. The van der Waals surface area contributed by atoms with Crippen molar-refractivity contribution < 1.29 is 23.1 Å². The molecule has 1 atom stereocenters. The van der Waals surface area contributed by atoms with Gasteiger partial charge in [-0.25, -0.2) is 4.98 Å². The Labute approximate surface area is 203 Å². The van der Waals surface area contributed by atoms with E-state index >= 15 is 0 Å². The molecule has 6 nitrogen and oxygen atoms in total. The maximum atomic E-state index is 13.3. The molecular formula is C26H31F3N4O2. The lowest BCUT2D eigenvalue weighted by Gasteiger charge is -2.27. The predicted molar refractivity (Wildman–Crippen MR) is 130 cm³/mol. The molecule has 0 aliphatic heterocycles. The first-order valence-corrected chi connectivity index (χ1v) is 11.5. The third-order valence-corrected chi connectivity index (χ3v) is 6.14. The Kier molecular flexibility index (Phi) is 8.00. The molecule has 1 amide bonds. The van der Waals surface area contributed by atoms with Gasteiger partial charge in [0.15, 0.2) is 0 Å². The van der Waals surface area contributed by atoms with Crippen molar-refractivity contribution in [1.82, 2.24) is 15.3 Å². The van der Waals surface area contributed by atoms with Crippen LogP contribution in [0.15, 0.2) is 48.7 Å². The van der Waals surface area contributed by atoms with E-state index in [0.717, 1.165) is 19.4 Å². The average molecular weight is 489 g/mol. The number of rotatable bonds is 6. The minimum atomic E-state index is -4.41. The second-order valence-electron chi connectivity index (χ2n) is 9.27. The van der Waals surface area contributed by atoms with Crippen LogP contribution in [0.4, 0.5) is 19.0 Å². The lowest BCUT2D eigenvalue weighted by molar-refractivity contribution is -0.181. The number of aliphatic hydroxyl groups is 1. The molecule has 1 unspecified atom stereocenters. The number of carbonyl (C=O) groups is 1. The molecule has 0 saturated heterocycles. The van der Waals surface area contributed by atoms with Crippen LogP contribution in [0.25, 0.3) is 10.9 Å². The first-order valence-electron chi connectivity index (χ1n) is 11.5. The maximum Gasteiger partial charge on any atom is 0.399 e. The van der Waals surface area contributed by atoms with E-state index in [2.05, 4.69) is 20.6 Å². The quantitative estimate of drug-likeness (QED) is 0.433. The highest BCUT2D eigenvalue weighted by molar-refractivity contribution is 5.98. The van der Waals surface area contributed by atoms with Gasteiger partial charge >= 0.3 is 6.18 Å². The number of nitrogens with one attached hydrogen (secondary N) is 2. The molecular weight excluding hydrogens is 457 g/mol. The maximum absolute atomic E-state index is 13.3. The Balaban J connectivity index is 0.000000607. The number of amides is 1. The highest BCUT2D eigenvalue weighted by Crippen LogP contribution is 2.40. The van der Waals surface area contributed by atoms with Gasteiger partial charge in [-0.05, 0) is 81.5 Å². The van der Waals surface area contributed by atoms with Gasteiger partial charge in [-0.15, -0.1) is 0 Å². The number of aliphatic hydroxyl groups excluding tert-OH is 1. The Hall–Kier alpha value is -3.20. The topological polar surface area (TPSA) is 87.1 Å². The highest BCUT2D eigenvalue weighted by Gasteiger charge is 2.49. The number of halogens is 3. The molecule has 1 aromatic carbocycles. The predicted octanol–water partition coefficient (Wildman–Crippen LogP) is 5.39. The van der Waals surface area contributed by atoms with Crippen LogP contribution in [0.3, 0.4) is 0 Å². The summed E-state index contributed by atoms with van der Waals surface area (Å²) in [6.45, 7) is 4.48. The first-order chi connectivity index (χ1) is 16.5. The minimum absolute atomic E-state index is 0.0636. The van der Waals surface area contributed by atoms with Gasteiger partial charge in [0.2, 0.25) is 0 Å². The van der Waals surface area contributed by atoms with E-state index in [0.29, 0.717) is 34.8 Å².